The summed E-state index contributed by atoms with van der Waals surface area (Å²) in [5.74, 6) is -0.323. The van der Waals surface area contributed by atoms with E-state index in [2.05, 4.69) is 4.98 Å². The molecule has 2 aromatic heterocycles. The van der Waals surface area contributed by atoms with E-state index in [1.165, 1.54) is 10.6 Å². The standard InChI is InChI=1S/C18H16FIN2O3/c19-16-6-14(20)2-1-11(16)5-13-8-21-7-12-3-4-22(9-15(24)10-23)18(25)17(12)13/h1-4,6-8,15,23-24H,5,9-10H2/t15-/m0/s1. The lowest BCUT2D eigenvalue weighted by Crippen LogP contribution is -2.28. The molecule has 7 heteroatoms. The van der Waals surface area contributed by atoms with Gasteiger partial charge in [0.25, 0.3) is 5.56 Å². The van der Waals surface area contributed by atoms with Crippen molar-refractivity contribution in [1.82, 2.24) is 9.55 Å². The van der Waals surface area contributed by atoms with Gasteiger partial charge in [0, 0.05) is 34.0 Å². The van der Waals surface area contributed by atoms with Crippen LogP contribution in [0.1, 0.15) is 11.1 Å². The monoisotopic (exact) mass is 454 g/mol. The molecule has 25 heavy (non-hydrogen) atoms. The summed E-state index contributed by atoms with van der Waals surface area (Å²) in [7, 11) is 0. The lowest BCUT2D eigenvalue weighted by Gasteiger charge is -2.12. The molecule has 0 saturated heterocycles. The number of benzene rings is 1. The van der Waals surface area contributed by atoms with Crippen molar-refractivity contribution in [3.8, 4) is 0 Å². The molecule has 0 amide bonds. The summed E-state index contributed by atoms with van der Waals surface area (Å²) in [6.07, 6.45) is 3.93. The predicted molar refractivity (Wildman–Crippen MR) is 101 cm³/mol. The van der Waals surface area contributed by atoms with Gasteiger partial charge in [0.2, 0.25) is 0 Å². The predicted octanol–water partition coefficient (Wildman–Crippen LogP) is 2.08. The van der Waals surface area contributed by atoms with Gasteiger partial charge in [-0.1, -0.05) is 6.07 Å². The number of aliphatic hydroxyl groups excluding tert-OH is 2. The van der Waals surface area contributed by atoms with Crippen molar-refractivity contribution in [3.63, 3.8) is 0 Å². The van der Waals surface area contributed by atoms with Crippen molar-refractivity contribution in [3.05, 3.63) is 73.7 Å². The highest BCUT2D eigenvalue weighted by molar-refractivity contribution is 14.1. The number of halogens is 2. The van der Waals surface area contributed by atoms with Crippen LogP contribution in [0.15, 0.2) is 47.7 Å². The van der Waals surface area contributed by atoms with Crippen LogP contribution in [-0.2, 0) is 13.0 Å². The molecule has 1 atom stereocenters. The molecule has 0 unspecified atom stereocenters. The number of hydrogen-bond acceptors (Lipinski definition) is 4. The molecule has 0 aliphatic rings. The van der Waals surface area contributed by atoms with Gasteiger partial charge < -0.3 is 14.8 Å². The largest absolute Gasteiger partial charge is 0.394 e. The zero-order valence-corrected chi connectivity index (χ0v) is 15.4. The molecular formula is C18H16FIN2O3. The van der Waals surface area contributed by atoms with E-state index in [1.807, 2.05) is 28.7 Å². The van der Waals surface area contributed by atoms with E-state index < -0.39 is 12.7 Å². The molecule has 0 saturated carbocycles. The molecule has 0 fully saturated rings. The highest BCUT2D eigenvalue weighted by atomic mass is 127. The van der Waals surface area contributed by atoms with Crippen LogP contribution in [-0.4, -0.2) is 32.5 Å². The SMILES string of the molecule is O=c1c2c(Cc3ccc(I)cc3F)cncc2ccn1C[C@H](O)CO. The zero-order chi connectivity index (χ0) is 18.0. The molecule has 0 aliphatic carbocycles. The molecule has 0 bridgehead atoms. The molecule has 2 heterocycles. The number of aromatic nitrogens is 2. The number of aliphatic hydroxyl groups is 2. The van der Waals surface area contributed by atoms with E-state index in [4.69, 9.17) is 5.11 Å². The number of rotatable bonds is 5. The third kappa shape index (κ3) is 3.88. The summed E-state index contributed by atoms with van der Waals surface area (Å²) < 4.78 is 16.3. The third-order valence-corrected chi connectivity index (χ3v) is 4.65. The van der Waals surface area contributed by atoms with Gasteiger partial charge >= 0.3 is 0 Å². The Hall–Kier alpha value is -1.84. The van der Waals surface area contributed by atoms with Gasteiger partial charge in [-0.05, 0) is 51.9 Å². The molecular weight excluding hydrogens is 438 g/mol. The second kappa shape index (κ2) is 7.59. The van der Waals surface area contributed by atoms with E-state index >= 15 is 0 Å². The van der Waals surface area contributed by atoms with E-state index in [0.29, 0.717) is 21.9 Å². The summed E-state index contributed by atoms with van der Waals surface area (Å²) in [6.45, 7) is -0.438. The van der Waals surface area contributed by atoms with Crippen LogP contribution in [0.2, 0.25) is 0 Å². The smallest absolute Gasteiger partial charge is 0.258 e. The molecule has 5 nitrogen and oxygen atoms in total. The van der Waals surface area contributed by atoms with E-state index in [-0.39, 0.29) is 24.3 Å². The summed E-state index contributed by atoms with van der Waals surface area (Å²) in [6, 6.07) is 6.69. The van der Waals surface area contributed by atoms with Gasteiger partial charge in [-0.3, -0.25) is 9.78 Å². The Morgan fingerprint density at radius 2 is 2.04 bits per heavy atom. The Morgan fingerprint density at radius 1 is 1.24 bits per heavy atom. The minimum absolute atomic E-state index is 0.00900. The Labute approximate surface area is 156 Å². The van der Waals surface area contributed by atoms with Crippen molar-refractivity contribution < 1.29 is 14.6 Å². The second-order valence-corrected chi connectivity index (χ2v) is 7.03. The third-order valence-electron chi connectivity index (χ3n) is 3.98. The van der Waals surface area contributed by atoms with Crippen LogP contribution < -0.4 is 5.56 Å². The summed E-state index contributed by atoms with van der Waals surface area (Å²) in [4.78, 5) is 16.9. The van der Waals surface area contributed by atoms with Crippen LogP contribution in [0.3, 0.4) is 0 Å². The van der Waals surface area contributed by atoms with Gasteiger partial charge in [0.1, 0.15) is 5.82 Å². The van der Waals surface area contributed by atoms with Crippen LogP contribution in [0.4, 0.5) is 4.39 Å². The topological polar surface area (TPSA) is 75.4 Å². The summed E-state index contributed by atoms with van der Waals surface area (Å²) in [5, 5.41) is 19.7. The minimum atomic E-state index is -1.02. The van der Waals surface area contributed by atoms with Crippen molar-refractivity contribution in [2.75, 3.05) is 6.61 Å². The van der Waals surface area contributed by atoms with E-state index in [0.717, 1.165) is 3.57 Å². The quantitative estimate of drug-likeness (QED) is 0.580. The Morgan fingerprint density at radius 3 is 2.76 bits per heavy atom. The highest BCUT2D eigenvalue weighted by Gasteiger charge is 2.13. The van der Waals surface area contributed by atoms with Gasteiger partial charge in [-0.15, -0.1) is 0 Å². The molecule has 1 aromatic carbocycles. The Balaban J connectivity index is 2.08. The fourth-order valence-electron chi connectivity index (χ4n) is 2.72. The molecule has 2 N–H and O–H groups in total. The number of hydrogen-bond donors (Lipinski definition) is 2. The van der Waals surface area contributed by atoms with Gasteiger partial charge in [-0.2, -0.15) is 0 Å². The van der Waals surface area contributed by atoms with Crippen LogP contribution in [0, 0.1) is 9.39 Å². The minimum Gasteiger partial charge on any atom is -0.394 e. The van der Waals surface area contributed by atoms with Crippen molar-refractivity contribution in [2.45, 2.75) is 19.1 Å². The Bertz CT molecular complexity index is 974. The lowest BCUT2D eigenvalue weighted by atomic mass is 10.0. The van der Waals surface area contributed by atoms with Crippen molar-refractivity contribution >= 4 is 33.4 Å². The number of nitrogens with zero attached hydrogens (tertiary/aromatic N) is 2. The van der Waals surface area contributed by atoms with E-state index in [1.54, 1.807) is 30.7 Å². The normalized spacial score (nSPS) is 12.5. The Kier molecular flexibility index (Phi) is 5.45. The molecule has 3 aromatic rings. The first kappa shape index (κ1) is 18.0. The van der Waals surface area contributed by atoms with Gasteiger partial charge in [0.05, 0.1) is 24.6 Å². The molecule has 0 spiro atoms. The second-order valence-electron chi connectivity index (χ2n) is 5.79. The van der Waals surface area contributed by atoms with Gasteiger partial charge in [0.15, 0.2) is 0 Å². The first-order valence-corrected chi connectivity index (χ1v) is 8.76. The van der Waals surface area contributed by atoms with Crippen molar-refractivity contribution in [2.24, 2.45) is 0 Å². The fraction of sp³-hybridized carbons (Fsp3) is 0.222. The van der Waals surface area contributed by atoms with Crippen LogP contribution in [0.25, 0.3) is 10.8 Å². The fourth-order valence-corrected chi connectivity index (χ4v) is 3.18. The molecule has 3 rings (SSSR count). The van der Waals surface area contributed by atoms with Crippen LogP contribution in [0.5, 0.6) is 0 Å². The first-order valence-electron chi connectivity index (χ1n) is 7.68. The number of pyridine rings is 2. The van der Waals surface area contributed by atoms with Gasteiger partial charge in [-0.25, -0.2) is 4.39 Å². The average molecular weight is 454 g/mol. The molecule has 0 aliphatic heterocycles. The average Bonchev–Trinajstić information content (AvgIpc) is 2.59. The molecule has 130 valence electrons. The number of fused-ring (bicyclic) bond motifs is 1. The summed E-state index contributed by atoms with van der Waals surface area (Å²) >= 11 is 2.04. The maximum atomic E-state index is 14.2. The first-order chi connectivity index (χ1) is 12.0. The highest BCUT2D eigenvalue weighted by Crippen LogP contribution is 2.20. The maximum absolute atomic E-state index is 14.2. The van der Waals surface area contributed by atoms with Crippen LogP contribution >= 0.6 is 22.6 Å². The van der Waals surface area contributed by atoms with E-state index in [9.17, 15) is 14.3 Å². The molecule has 0 radical (unpaired) electrons. The lowest BCUT2D eigenvalue weighted by molar-refractivity contribution is 0.0805. The van der Waals surface area contributed by atoms with Crippen molar-refractivity contribution in [1.29, 1.82) is 0 Å². The summed E-state index contributed by atoms with van der Waals surface area (Å²) in [5.41, 5.74) is 0.809. The zero-order valence-electron chi connectivity index (χ0n) is 13.2. The maximum Gasteiger partial charge on any atom is 0.258 e.